The van der Waals surface area contributed by atoms with Crippen LogP contribution in [-0.4, -0.2) is 16.8 Å². The van der Waals surface area contributed by atoms with Crippen molar-refractivity contribution in [3.05, 3.63) is 41.8 Å². The first kappa shape index (κ1) is 16.9. The molecule has 1 aliphatic heterocycles. The van der Waals surface area contributed by atoms with Crippen molar-refractivity contribution in [3.8, 4) is 0 Å². The van der Waals surface area contributed by atoms with Crippen LogP contribution >= 0.6 is 0 Å². The number of carbonyl (C=O) groups excluding carboxylic acids is 1. The molecule has 1 saturated heterocycles. The molecule has 22 heavy (non-hydrogen) atoms. The zero-order valence-electron chi connectivity index (χ0n) is 13.1. The van der Waals surface area contributed by atoms with Gasteiger partial charge in [-0.2, -0.15) is 0 Å². The smallest absolute Gasteiger partial charge is 0.306 e. The van der Waals surface area contributed by atoms with E-state index in [1.807, 2.05) is 36.4 Å². The minimum absolute atomic E-state index is 0.108. The molecule has 0 N–H and O–H groups in total. The van der Waals surface area contributed by atoms with Crippen molar-refractivity contribution in [1.82, 2.24) is 0 Å². The Morgan fingerprint density at radius 3 is 2.73 bits per heavy atom. The highest BCUT2D eigenvalue weighted by Gasteiger charge is 2.29. The third-order valence-electron chi connectivity index (χ3n) is 4.06. The number of unbranched alkanes of at least 4 members (excludes halogenated alkanes) is 2. The molecular weight excluding hydrogens is 296 g/mol. The number of carbonyl (C=O) groups is 1. The highest BCUT2D eigenvalue weighted by Crippen LogP contribution is 2.29. The number of allylic oxidation sites excluding steroid dienone is 1. The van der Waals surface area contributed by atoms with Gasteiger partial charge >= 0.3 is 5.97 Å². The van der Waals surface area contributed by atoms with E-state index in [2.05, 4.69) is 6.92 Å². The fourth-order valence-electron chi connectivity index (χ4n) is 2.73. The van der Waals surface area contributed by atoms with E-state index >= 15 is 0 Å². The highest BCUT2D eigenvalue weighted by atomic mass is 32.2. The van der Waals surface area contributed by atoms with Gasteiger partial charge < -0.3 is 4.74 Å². The van der Waals surface area contributed by atoms with E-state index in [0.29, 0.717) is 13.0 Å². The summed E-state index contributed by atoms with van der Waals surface area (Å²) in [6, 6.07) is 9.44. The molecule has 0 aromatic heterocycles. The summed E-state index contributed by atoms with van der Waals surface area (Å²) < 4.78 is 17.4. The molecule has 1 aromatic carbocycles. The van der Waals surface area contributed by atoms with Crippen LogP contribution in [0.15, 0.2) is 46.7 Å². The summed E-state index contributed by atoms with van der Waals surface area (Å²) in [6.45, 7) is 2.68. The van der Waals surface area contributed by atoms with E-state index < -0.39 is 10.8 Å². The number of hydrogen-bond acceptors (Lipinski definition) is 3. The molecule has 2 rings (SSSR count). The molecule has 0 aliphatic carbocycles. The Morgan fingerprint density at radius 2 is 2.09 bits per heavy atom. The summed E-state index contributed by atoms with van der Waals surface area (Å²) in [5.74, 6) is 0.391. The summed E-state index contributed by atoms with van der Waals surface area (Å²) in [6.07, 6.45) is 7.04. The first-order valence-electron chi connectivity index (χ1n) is 8.00. The molecule has 120 valence electrons. The minimum atomic E-state index is -1.13. The van der Waals surface area contributed by atoms with Crippen LogP contribution in [0.25, 0.3) is 0 Å². The zero-order valence-corrected chi connectivity index (χ0v) is 13.9. The second kappa shape index (κ2) is 8.89. The molecule has 1 fully saturated rings. The van der Waals surface area contributed by atoms with Crippen LogP contribution in [-0.2, 0) is 20.3 Å². The Kier molecular flexibility index (Phi) is 6.84. The van der Waals surface area contributed by atoms with Crippen LogP contribution in [0.4, 0.5) is 0 Å². The van der Waals surface area contributed by atoms with Crippen molar-refractivity contribution < 1.29 is 13.7 Å². The molecule has 3 nitrogen and oxygen atoms in total. The molecule has 0 amide bonds. The molecule has 1 aliphatic rings. The predicted molar refractivity (Wildman–Crippen MR) is 88.7 cm³/mol. The molecule has 3 atom stereocenters. The van der Waals surface area contributed by atoms with Crippen LogP contribution in [0.1, 0.15) is 39.0 Å². The van der Waals surface area contributed by atoms with Crippen molar-refractivity contribution >= 4 is 16.8 Å². The van der Waals surface area contributed by atoms with E-state index in [4.69, 9.17) is 4.74 Å². The van der Waals surface area contributed by atoms with Gasteiger partial charge in [0.25, 0.3) is 0 Å². The van der Waals surface area contributed by atoms with E-state index in [1.54, 1.807) is 5.41 Å². The van der Waals surface area contributed by atoms with Crippen LogP contribution in [0.5, 0.6) is 0 Å². The van der Waals surface area contributed by atoms with Crippen LogP contribution in [0.3, 0.4) is 0 Å². The van der Waals surface area contributed by atoms with Crippen LogP contribution < -0.4 is 0 Å². The van der Waals surface area contributed by atoms with E-state index in [1.165, 1.54) is 12.8 Å². The maximum absolute atomic E-state index is 12.3. The number of cyclic esters (lactones) is 1. The molecule has 1 aromatic rings. The molecule has 4 heteroatoms. The molecule has 0 bridgehead atoms. The van der Waals surface area contributed by atoms with Gasteiger partial charge in [-0.25, -0.2) is 4.21 Å². The number of rotatable bonds is 8. The van der Waals surface area contributed by atoms with E-state index in [-0.39, 0.29) is 17.8 Å². The maximum Gasteiger partial charge on any atom is 0.306 e. The van der Waals surface area contributed by atoms with Gasteiger partial charge in [0.05, 0.1) is 23.8 Å². The van der Waals surface area contributed by atoms with Gasteiger partial charge in [0, 0.05) is 16.2 Å². The predicted octanol–water partition coefficient (Wildman–Crippen LogP) is 4.07. The van der Waals surface area contributed by atoms with Crippen molar-refractivity contribution in [2.75, 3.05) is 6.61 Å². The monoisotopic (exact) mass is 320 g/mol. The SMILES string of the molecule is CCCCC[C@@H](/C=C/S(=O)c1ccccc1)[C@H]1COC(=O)C1. The van der Waals surface area contributed by atoms with Gasteiger partial charge in [-0.1, -0.05) is 50.5 Å². The van der Waals surface area contributed by atoms with Crippen LogP contribution in [0.2, 0.25) is 0 Å². The van der Waals surface area contributed by atoms with Gasteiger partial charge in [-0.3, -0.25) is 4.79 Å². The van der Waals surface area contributed by atoms with Gasteiger partial charge in [0.1, 0.15) is 0 Å². The fourth-order valence-corrected chi connectivity index (χ4v) is 3.66. The molecule has 0 spiro atoms. The Balaban J connectivity index is 1.99. The fraction of sp³-hybridized carbons (Fsp3) is 0.500. The number of ether oxygens (including phenoxy) is 1. The maximum atomic E-state index is 12.3. The average molecular weight is 320 g/mol. The minimum Gasteiger partial charge on any atom is -0.465 e. The summed E-state index contributed by atoms with van der Waals surface area (Å²) >= 11 is 0. The lowest BCUT2D eigenvalue weighted by Gasteiger charge is -2.17. The Hall–Kier alpha value is -1.42. The number of esters is 1. The van der Waals surface area contributed by atoms with Crippen molar-refractivity contribution in [2.45, 2.75) is 43.9 Å². The van der Waals surface area contributed by atoms with Gasteiger partial charge in [0.2, 0.25) is 0 Å². The lowest BCUT2D eigenvalue weighted by Crippen LogP contribution is -2.13. The van der Waals surface area contributed by atoms with Gasteiger partial charge in [0.15, 0.2) is 0 Å². The third kappa shape index (κ3) is 5.09. The van der Waals surface area contributed by atoms with Gasteiger partial charge in [-0.05, 0) is 24.5 Å². The highest BCUT2D eigenvalue weighted by molar-refractivity contribution is 7.88. The lowest BCUT2D eigenvalue weighted by atomic mass is 9.87. The summed E-state index contributed by atoms with van der Waals surface area (Å²) in [4.78, 5) is 12.2. The lowest BCUT2D eigenvalue weighted by molar-refractivity contribution is -0.137. The second-order valence-corrected chi connectivity index (χ2v) is 7.08. The molecule has 1 heterocycles. The van der Waals surface area contributed by atoms with Crippen LogP contribution in [0, 0.1) is 11.8 Å². The largest absolute Gasteiger partial charge is 0.465 e. The second-order valence-electron chi connectivity index (χ2n) is 5.75. The Morgan fingerprint density at radius 1 is 1.32 bits per heavy atom. The third-order valence-corrected chi connectivity index (χ3v) is 5.20. The normalized spacial score (nSPS) is 21.0. The van der Waals surface area contributed by atoms with Crippen molar-refractivity contribution in [3.63, 3.8) is 0 Å². The summed E-state index contributed by atoms with van der Waals surface area (Å²) in [5, 5.41) is 1.77. The first-order valence-corrected chi connectivity index (χ1v) is 9.21. The van der Waals surface area contributed by atoms with Crippen molar-refractivity contribution in [1.29, 1.82) is 0 Å². The quantitative estimate of drug-likeness (QED) is 0.536. The Bertz CT molecular complexity index is 524. The summed E-state index contributed by atoms with van der Waals surface area (Å²) in [5.41, 5.74) is 0. The number of hydrogen-bond donors (Lipinski definition) is 0. The summed E-state index contributed by atoms with van der Waals surface area (Å²) in [7, 11) is -1.13. The topological polar surface area (TPSA) is 43.4 Å². The zero-order chi connectivity index (χ0) is 15.8. The van der Waals surface area contributed by atoms with Crippen molar-refractivity contribution in [2.24, 2.45) is 11.8 Å². The van der Waals surface area contributed by atoms with E-state index in [0.717, 1.165) is 17.7 Å². The van der Waals surface area contributed by atoms with E-state index in [9.17, 15) is 9.00 Å². The number of benzene rings is 1. The molecule has 1 unspecified atom stereocenters. The molecular formula is C18H24O3S. The molecule has 0 saturated carbocycles. The average Bonchev–Trinajstić information content (AvgIpc) is 2.97. The first-order chi connectivity index (χ1) is 10.7. The Labute approximate surface area is 135 Å². The van der Waals surface area contributed by atoms with Gasteiger partial charge in [-0.15, -0.1) is 0 Å². The standard InChI is InChI=1S/C18H24O3S/c1-2-3-5-8-15(16-13-18(19)21-14-16)11-12-22(20)17-9-6-4-7-10-17/h4,6-7,9-12,15-16H,2-3,5,8,13-14H2,1H3/b12-11+/t15-,16+,22?/m0/s1. The molecule has 0 radical (unpaired) electrons.